The predicted octanol–water partition coefficient (Wildman–Crippen LogP) is 11.7. The van der Waals surface area contributed by atoms with Crippen molar-refractivity contribution in [3.05, 3.63) is 182 Å². The fourth-order valence-electron chi connectivity index (χ4n) is 7.46. The van der Waals surface area contributed by atoms with E-state index in [-0.39, 0.29) is 0 Å². The van der Waals surface area contributed by atoms with Crippen LogP contribution in [0.4, 0.5) is 0 Å². The van der Waals surface area contributed by atoms with Gasteiger partial charge in [-0.05, 0) is 65.7 Å². The van der Waals surface area contributed by atoms with E-state index in [1.807, 2.05) is 6.07 Å². The summed E-state index contributed by atoms with van der Waals surface area (Å²) in [6.07, 6.45) is 0. The van der Waals surface area contributed by atoms with Gasteiger partial charge in [-0.25, -0.2) is 9.97 Å². The first kappa shape index (κ1) is 28.3. The van der Waals surface area contributed by atoms with Gasteiger partial charge < -0.3 is 9.13 Å². The molecule has 0 radical (unpaired) electrons. The van der Waals surface area contributed by atoms with Gasteiger partial charge in [-0.1, -0.05) is 127 Å². The molecule has 234 valence electrons. The van der Waals surface area contributed by atoms with E-state index in [1.165, 1.54) is 16.3 Å². The van der Waals surface area contributed by atoms with Gasteiger partial charge in [0.05, 0.1) is 27.8 Å². The van der Waals surface area contributed by atoms with Crippen LogP contribution in [-0.4, -0.2) is 19.1 Å². The quantitative estimate of drug-likeness (QED) is 0.188. The molecule has 10 aromatic rings. The van der Waals surface area contributed by atoms with Crippen molar-refractivity contribution in [2.24, 2.45) is 0 Å². The predicted molar refractivity (Wildman–Crippen MR) is 207 cm³/mol. The minimum Gasteiger partial charge on any atom is -0.309 e. The summed E-state index contributed by atoms with van der Waals surface area (Å²) in [6.45, 7) is 0. The Kier molecular flexibility index (Phi) is 6.46. The Bertz CT molecular complexity index is 2850. The summed E-state index contributed by atoms with van der Waals surface area (Å²) in [6, 6.07) is 64.2. The average Bonchev–Trinajstić information content (AvgIpc) is 3.71. The van der Waals surface area contributed by atoms with E-state index in [9.17, 15) is 0 Å². The summed E-state index contributed by atoms with van der Waals surface area (Å²) >= 11 is 0. The van der Waals surface area contributed by atoms with Crippen molar-refractivity contribution in [2.45, 2.75) is 0 Å². The number of para-hydroxylation sites is 4. The van der Waals surface area contributed by atoms with Gasteiger partial charge in [-0.2, -0.15) is 0 Å². The molecule has 0 amide bonds. The Hall–Kier alpha value is -6.78. The molecule has 0 fully saturated rings. The van der Waals surface area contributed by atoms with Crippen LogP contribution in [0.3, 0.4) is 0 Å². The second-order valence-corrected chi connectivity index (χ2v) is 12.6. The number of nitrogens with zero attached hydrogens (tertiary/aromatic N) is 4. The summed E-state index contributed by atoms with van der Waals surface area (Å²) in [4.78, 5) is 10.8. The SMILES string of the molecule is c1ccc(-c2cccc(-c3nc(-c4ccc5c(c4)c4ccccc4n5-c4ccccc4)c4c(n3)c3ccccc3n4-c3ccccc3)c2)cc1. The molecule has 7 aromatic carbocycles. The highest BCUT2D eigenvalue weighted by Crippen LogP contribution is 2.40. The Balaban J connectivity index is 1.29. The van der Waals surface area contributed by atoms with Gasteiger partial charge >= 0.3 is 0 Å². The van der Waals surface area contributed by atoms with E-state index in [2.05, 4.69) is 185 Å². The van der Waals surface area contributed by atoms with Crippen LogP contribution in [0, 0.1) is 0 Å². The zero-order valence-electron chi connectivity index (χ0n) is 27.1. The second kappa shape index (κ2) is 11.4. The van der Waals surface area contributed by atoms with Crippen LogP contribution < -0.4 is 0 Å². The number of benzene rings is 7. The lowest BCUT2D eigenvalue weighted by atomic mass is 10.0. The number of hydrogen-bond donors (Lipinski definition) is 0. The molecule has 0 spiro atoms. The molecular weight excluding hydrogens is 609 g/mol. The molecule has 0 atom stereocenters. The van der Waals surface area contributed by atoms with Gasteiger partial charge in [-0.3, -0.25) is 0 Å². The van der Waals surface area contributed by atoms with E-state index in [0.717, 1.165) is 66.8 Å². The van der Waals surface area contributed by atoms with Gasteiger partial charge in [0.25, 0.3) is 0 Å². The van der Waals surface area contributed by atoms with E-state index in [4.69, 9.17) is 9.97 Å². The van der Waals surface area contributed by atoms with Crippen molar-refractivity contribution in [1.82, 2.24) is 19.1 Å². The van der Waals surface area contributed by atoms with E-state index in [1.54, 1.807) is 0 Å². The van der Waals surface area contributed by atoms with E-state index >= 15 is 0 Å². The minimum atomic E-state index is 0.702. The molecule has 0 aliphatic heterocycles. The Morgan fingerprint density at radius 2 is 0.900 bits per heavy atom. The standard InChI is InChI=1S/C46H30N4/c1-4-15-31(16-5-1)32-17-14-18-34(29-32)46-47-43(45-44(48-46)38-24-11-13-26-41(38)50(45)36-21-8-3-9-22-36)33-27-28-42-39(30-33)37-23-10-12-25-40(37)49(42)35-19-6-2-7-20-35/h1-30H. The molecular formula is C46H30N4. The summed E-state index contributed by atoms with van der Waals surface area (Å²) in [5.74, 6) is 0.702. The molecule has 4 nitrogen and oxygen atoms in total. The van der Waals surface area contributed by atoms with Crippen LogP contribution in [0.1, 0.15) is 0 Å². The van der Waals surface area contributed by atoms with Crippen LogP contribution in [0.15, 0.2) is 182 Å². The third-order valence-electron chi connectivity index (χ3n) is 9.71. The van der Waals surface area contributed by atoms with Crippen molar-refractivity contribution in [2.75, 3.05) is 0 Å². The highest BCUT2D eigenvalue weighted by atomic mass is 15.0. The Labute approximate surface area is 289 Å². The van der Waals surface area contributed by atoms with Crippen molar-refractivity contribution in [3.8, 4) is 45.1 Å². The van der Waals surface area contributed by atoms with Crippen molar-refractivity contribution in [1.29, 1.82) is 0 Å². The monoisotopic (exact) mass is 638 g/mol. The third-order valence-corrected chi connectivity index (χ3v) is 9.71. The van der Waals surface area contributed by atoms with Crippen molar-refractivity contribution < 1.29 is 0 Å². The Morgan fingerprint density at radius 1 is 0.340 bits per heavy atom. The molecule has 50 heavy (non-hydrogen) atoms. The molecule has 0 saturated carbocycles. The highest BCUT2D eigenvalue weighted by molar-refractivity contribution is 6.14. The zero-order chi connectivity index (χ0) is 33.0. The first-order valence-corrected chi connectivity index (χ1v) is 16.9. The summed E-state index contributed by atoms with van der Waals surface area (Å²) in [7, 11) is 0. The zero-order valence-corrected chi connectivity index (χ0v) is 27.1. The van der Waals surface area contributed by atoms with E-state index < -0.39 is 0 Å². The minimum absolute atomic E-state index is 0.702. The van der Waals surface area contributed by atoms with E-state index in [0.29, 0.717) is 5.82 Å². The molecule has 3 aromatic heterocycles. The number of hydrogen-bond acceptors (Lipinski definition) is 2. The lowest BCUT2D eigenvalue weighted by Crippen LogP contribution is -2.00. The average molecular weight is 639 g/mol. The fourth-order valence-corrected chi connectivity index (χ4v) is 7.46. The lowest BCUT2D eigenvalue weighted by molar-refractivity contribution is 1.15. The first-order chi connectivity index (χ1) is 24.8. The van der Waals surface area contributed by atoms with Gasteiger partial charge in [0, 0.05) is 38.7 Å². The van der Waals surface area contributed by atoms with Crippen molar-refractivity contribution >= 4 is 43.7 Å². The fraction of sp³-hybridized carbons (Fsp3) is 0. The lowest BCUT2D eigenvalue weighted by Gasteiger charge is -2.13. The molecule has 0 N–H and O–H groups in total. The van der Waals surface area contributed by atoms with Gasteiger partial charge in [-0.15, -0.1) is 0 Å². The number of rotatable bonds is 5. The molecule has 0 saturated heterocycles. The summed E-state index contributed by atoms with van der Waals surface area (Å²) < 4.78 is 4.67. The van der Waals surface area contributed by atoms with Gasteiger partial charge in [0.1, 0.15) is 5.52 Å². The number of fused-ring (bicyclic) bond motifs is 6. The molecule has 10 rings (SSSR count). The highest BCUT2D eigenvalue weighted by Gasteiger charge is 2.22. The first-order valence-electron chi connectivity index (χ1n) is 16.9. The maximum absolute atomic E-state index is 5.47. The maximum atomic E-state index is 5.47. The molecule has 0 unspecified atom stereocenters. The molecule has 0 bridgehead atoms. The maximum Gasteiger partial charge on any atom is 0.160 e. The summed E-state index contributed by atoms with van der Waals surface area (Å²) in [5, 5.41) is 3.49. The van der Waals surface area contributed by atoms with Crippen LogP contribution in [0.25, 0.3) is 88.9 Å². The largest absolute Gasteiger partial charge is 0.309 e. The molecule has 0 aliphatic carbocycles. The van der Waals surface area contributed by atoms with Crippen molar-refractivity contribution in [3.63, 3.8) is 0 Å². The topological polar surface area (TPSA) is 35.6 Å². The van der Waals surface area contributed by atoms with Crippen LogP contribution >= 0.6 is 0 Å². The smallest absolute Gasteiger partial charge is 0.160 e. The van der Waals surface area contributed by atoms with Crippen LogP contribution in [0.2, 0.25) is 0 Å². The van der Waals surface area contributed by atoms with Crippen LogP contribution in [-0.2, 0) is 0 Å². The second-order valence-electron chi connectivity index (χ2n) is 12.6. The molecule has 3 heterocycles. The molecule has 0 aliphatic rings. The normalized spacial score (nSPS) is 11.6. The van der Waals surface area contributed by atoms with Gasteiger partial charge in [0.15, 0.2) is 5.82 Å². The number of aromatic nitrogens is 4. The summed E-state index contributed by atoms with van der Waals surface area (Å²) in [5.41, 5.74) is 12.8. The molecule has 4 heteroatoms. The van der Waals surface area contributed by atoms with Crippen LogP contribution in [0.5, 0.6) is 0 Å². The third kappa shape index (κ3) is 4.46. The van der Waals surface area contributed by atoms with Gasteiger partial charge in [0.2, 0.25) is 0 Å². The Morgan fingerprint density at radius 3 is 1.64 bits per heavy atom.